The third-order valence-corrected chi connectivity index (χ3v) is 7.33. The van der Waals surface area contributed by atoms with Gasteiger partial charge in [-0.25, -0.2) is 0 Å². The minimum absolute atomic E-state index is 0.208. The molecule has 2 heterocycles. The molecule has 1 N–H and O–H groups in total. The van der Waals surface area contributed by atoms with Gasteiger partial charge in [-0.1, -0.05) is 42.5 Å². The highest BCUT2D eigenvalue weighted by Crippen LogP contribution is 2.35. The average molecular weight is 528 g/mol. The molecule has 8 heteroatoms. The third-order valence-electron chi connectivity index (χ3n) is 7.33. The number of rotatable bonds is 9. The number of hydrogen-bond donors (Lipinski definition) is 1. The van der Waals surface area contributed by atoms with Crippen molar-refractivity contribution in [1.82, 2.24) is 14.8 Å². The number of aromatic nitrogens is 1. The summed E-state index contributed by atoms with van der Waals surface area (Å²) in [6.45, 7) is 5.06. The Labute approximate surface area is 228 Å². The van der Waals surface area contributed by atoms with E-state index in [1.54, 1.807) is 19.1 Å². The molecule has 3 aromatic carbocycles. The van der Waals surface area contributed by atoms with E-state index in [4.69, 9.17) is 14.2 Å². The first-order chi connectivity index (χ1) is 18.9. The van der Waals surface area contributed by atoms with Crippen LogP contribution in [0.1, 0.15) is 35.5 Å². The predicted molar refractivity (Wildman–Crippen MR) is 149 cm³/mol. The zero-order chi connectivity index (χ0) is 27.6. The minimum atomic E-state index is -1.17. The Morgan fingerprint density at radius 3 is 2.46 bits per heavy atom. The highest BCUT2D eigenvalue weighted by Gasteiger charge is 2.47. The first-order valence-electron chi connectivity index (χ1n) is 13.0. The number of nitrogens with one attached hydrogen (secondary N) is 1. The minimum Gasteiger partial charge on any atom is -0.496 e. The molecular formula is C31H33N3O5. The smallest absolute Gasteiger partial charge is 0.271 e. The Balaban J connectivity index is 1.52. The van der Waals surface area contributed by atoms with E-state index >= 15 is 0 Å². The van der Waals surface area contributed by atoms with Crippen LogP contribution in [0.25, 0.3) is 10.9 Å². The fraction of sp³-hybridized carbons (Fsp3) is 0.290. The largest absolute Gasteiger partial charge is 0.496 e. The number of benzene rings is 3. The first-order valence-corrected chi connectivity index (χ1v) is 13.0. The fourth-order valence-electron chi connectivity index (χ4n) is 5.24. The molecule has 8 nitrogen and oxygen atoms in total. The molecule has 1 aliphatic rings. The normalized spacial score (nSPS) is 16.6. The topological polar surface area (TPSA) is 82.0 Å². The van der Waals surface area contributed by atoms with E-state index in [0.29, 0.717) is 36.1 Å². The average Bonchev–Trinajstić information content (AvgIpc) is 3.33. The fourth-order valence-corrected chi connectivity index (χ4v) is 5.24. The van der Waals surface area contributed by atoms with Crippen molar-refractivity contribution in [2.45, 2.75) is 39.0 Å². The summed E-state index contributed by atoms with van der Waals surface area (Å²) in [4.78, 5) is 29.7. The molecule has 0 saturated heterocycles. The molecule has 1 atom stereocenters. The SMILES string of the molecule is CCOc1ccc(CN2C(=O)c3cc4ccccc4n3C[C@@]2(C)C(=O)NCc2ccccc2OC)cc1OC. The molecule has 0 radical (unpaired) electrons. The summed E-state index contributed by atoms with van der Waals surface area (Å²) in [6.07, 6.45) is 0. The van der Waals surface area contributed by atoms with Gasteiger partial charge >= 0.3 is 0 Å². The Kier molecular flexibility index (Phi) is 7.19. The van der Waals surface area contributed by atoms with Crippen molar-refractivity contribution in [1.29, 1.82) is 0 Å². The number of amides is 2. The highest BCUT2D eigenvalue weighted by atomic mass is 16.5. The van der Waals surface area contributed by atoms with Gasteiger partial charge in [0.25, 0.3) is 5.91 Å². The van der Waals surface area contributed by atoms with Gasteiger partial charge in [0.1, 0.15) is 17.0 Å². The second kappa shape index (κ2) is 10.7. The summed E-state index contributed by atoms with van der Waals surface area (Å²) in [5.41, 5.74) is 2.00. The van der Waals surface area contributed by atoms with Gasteiger partial charge in [0.2, 0.25) is 5.91 Å². The molecule has 202 valence electrons. The van der Waals surface area contributed by atoms with Crippen LogP contribution in [0.2, 0.25) is 0 Å². The van der Waals surface area contributed by atoms with E-state index in [0.717, 1.165) is 22.0 Å². The molecule has 0 aliphatic carbocycles. The van der Waals surface area contributed by atoms with Crippen LogP contribution in [-0.2, 0) is 24.4 Å². The second-order valence-electron chi connectivity index (χ2n) is 9.75. The standard InChI is InChI=1S/C31H33N3O5/c1-5-39-27-15-14-21(16-28(27)38-4)19-34-29(35)25-17-22-10-6-8-12-24(22)33(25)20-31(34,2)30(36)32-18-23-11-7-9-13-26(23)37-3/h6-17H,5,18-20H2,1-4H3,(H,32,36)/t31-/m0/s1. The van der Waals surface area contributed by atoms with Gasteiger partial charge in [-0.3, -0.25) is 9.59 Å². The summed E-state index contributed by atoms with van der Waals surface area (Å²) in [6, 6.07) is 22.9. The van der Waals surface area contributed by atoms with E-state index in [-0.39, 0.29) is 24.9 Å². The number of para-hydroxylation sites is 2. The molecule has 4 aromatic rings. The maximum Gasteiger partial charge on any atom is 0.271 e. The van der Waals surface area contributed by atoms with Crippen LogP contribution in [0.15, 0.2) is 72.8 Å². The van der Waals surface area contributed by atoms with Crippen molar-refractivity contribution >= 4 is 22.7 Å². The van der Waals surface area contributed by atoms with Gasteiger partial charge < -0.3 is 29.0 Å². The number of nitrogens with zero attached hydrogens (tertiary/aromatic N) is 2. The van der Waals surface area contributed by atoms with E-state index in [1.165, 1.54) is 0 Å². The first kappa shape index (κ1) is 26.2. The van der Waals surface area contributed by atoms with E-state index in [2.05, 4.69) is 5.32 Å². The second-order valence-corrected chi connectivity index (χ2v) is 9.75. The Hall–Kier alpha value is -4.46. The van der Waals surface area contributed by atoms with Crippen LogP contribution in [0.4, 0.5) is 0 Å². The molecule has 1 aromatic heterocycles. The Morgan fingerprint density at radius 2 is 1.69 bits per heavy atom. The molecule has 5 rings (SSSR count). The molecule has 0 bridgehead atoms. The summed E-state index contributed by atoms with van der Waals surface area (Å²) in [5, 5.41) is 4.03. The Bertz CT molecular complexity index is 1530. The lowest BCUT2D eigenvalue weighted by molar-refractivity contribution is -0.133. The number of ether oxygens (including phenoxy) is 3. The molecule has 0 fully saturated rings. The maximum atomic E-state index is 14.1. The van der Waals surface area contributed by atoms with Gasteiger partial charge in [0.15, 0.2) is 11.5 Å². The van der Waals surface area contributed by atoms with E-state index < -0.39 is 5.54 Å². The molecule has 39 heavy (non-hydrogen) atoms. The number of methoxy groups -OCH3 is 2. The number of hydrogen-bond acceptors (Lipinski definition) is 5. The molecule has 0 unspecified atom stereocenters. The van der Waals surface area contributed by atoms with E-state index in [1.807, 2.05) is 91.2 Å². The van der Waals surface area contributed by atoms with Gasteiger partial charge in [0.05, 0.1) is 27.4 Å². The van der Waals surface area contributed by atoms with Gasteiger partial charge in [-0.05, 0) is 49.7 Å². The predicted octanol–water partition coefficient (Wildman–Crippen LogP) is 4.79. The van der Waals surface area contributed by atoms with E-state index in [9.17, 15) is 9.59 Å². The lowest BCUT2D eigenvalue weighted by atomic mass is 9.93. The maximum absolute atomic E-state index is 14.1. The number of fused-ring (bicyclic) bond motifs is 3. The highest BCUT2D eigenvalue weighted by molar-refractivity contribution is 6.03. The monoisotopic (exact) mass is 527 g/mol. The van der Waals surface area contributed by atoms with Crippen LogP contribution < -0.4 is 19.5 Å². The summed E-state index contributed by atoms with van der Waals surface area (Å²) in [5.74, 6) is 1.45. The van der Waals surface area contributed by atoms with Crippen molar-refractivity contribution < 1.29 is 23.8 Å². The molecule has 0 saturated carbocycles. The number of carbonyl (C=O) groups is 2. The zero-order valence-corrected chi connectivity index (χ0v) is 22.7. The molecule has 2 amide bonds. The van der Waals surface area contributed by atoms with Crippen molar-refractivity contribution in [3.05, 3.63) is 89.6 Å². The van der Waals surface area contributed by atoms with Crippen LogP contribution in [0, 0.1) is 0 Å². The quantitative estimate of drug-likeness (QED) is 0.339. The summed E-state index contributed by atoms with van der Waals surface area (Å²) in [7, 11) is 3.19. The lowest BCUT2D eigenvalue weighted by Gasteiger charge is -2.44. The van der Waals surface area contributed by atoms with Crippen molar-refractivity contribution in [3.8, 4) is 17.2 Å². The number of carbonyl (C=O) groups excluding carboxylic acids is 2. The van der Waals surface area contributed by atoms with Crippen LogP contribution in [0.3, 0.4) is 0 Å². The molecular weight excluding hydrogens is 494 g/mol. The van der Waals surface area contributed by atoms with Crippen molar-refractivity contribution in [3.63, 3.8) is 0 Å². The van der Waals surface area contributed by atoms with Gasteiger partial charge in [-0.15, -0.1) is 0 Å². The van der Waals surface area contributed by atoms with Gasteiger partial charge in [0, 0.05) is 29.6 Å². The zero-order valence-electron chi connectivity index (χ0n) is 22.7. The van der Waals surface area contributed by atoms with Crippen LogP contribution in [0.5, 0.6) is 17.2 Å². The van der Waals surface area contributed by atoms with Crippen LogP contribution >= 0.6 is 0 Å². The summed E-state index contributed by atoms with van der Waals surface area (Å²) < 4.78 is 18.6. The van der Waals surface area contributed by atoms with Crippen molar-refractivity contribution in [2.24, 2.45) is 0 Å². The van der Waals surface area contributed by atoms with Gasteiger partial charge in [-0.2, -0.15) is 0 Å². The lowest BCUT2D eigenvalue weighted by Crippen LogP contribution is -2.63. The third kappa shape index (κ3) is 4.78. The molecule has 0 spiro atoms. The van der Waals surface area contributed by atoms with Crippen LogP contribution in [-0.4, -0.2) is 47.6 Å². The van der Waals surface area contributed by atoms with Crippen molar-refractivity contribution in [2.75, 3.05) is 20.8 Å². The summed E-state index contributed by atoms with van der Waals surface area (Å²) >= 11 is 0. The Morgan fingerprint density at radius 1 is 0.949 bits per heavy atom. The molecule has 1 aliphatic heterocycles.